The lowest BCUT2D eigenvalue weighted by Crippen LogP contribution is -2.39. The number of rotatable bonds is 6. The molecule has 0 spiro atoms. The summed E-state index contributed by atoms with van der Waals surface area (Å²) in [6.45, 7) is 0.311. The van der Waals surface area contributed by atoms with Crippen LogP contribution >= 0.6 is 15.9 Å². The molecule has 1 aromatic rings. The van der Waals surface area contributed by atoms with Crippen LogP contribution < -0.4 is 10.6 Å². The van der Waals surface area contributed by atoms with Gasteiger partial charge in [-0.2, -0.15) is 5.26 Å². The number of nitrogens with zero attached hydrogens (tertiary/aromatic N) is 1. The summed E-state index contributed by atoms with van der Waals surface area (Å²) in [6, 6.07) is 10.4. The third-order valence-electron chi connectivity index (χ3n) is 3.70. The Morgan fingerprint density at radius 1 is 1.40 bits per heavy atom. The minimum absolute atomic E-state index is 0.0624. The molecule has 1 saturated carbocycles. The number of benzene rings is 1. The van der Waals surface area contributed by atoms with Crippen molar-refractivity contribution in [2.45, 2.75) is 25.3 Å². The zero-order valence-electron chi connectivity index (χ0n) is 11.2. The molecule has 1 unspecified atom stereocenters. The monoisotopic (exact) mass is 335 g/mol. The molecule has 0 heterocycles. The predicted octanol–water partition coefficient (Wildman–Crippen LogP) is 2.52. The Morgan fingerprint density at radius 3 is 2.65 bits per heavy atom. The Labute approximate surface area is 127 Å². The summed E-state index contributed by atoms with van der Waals surface area (Å²) in [4.78, 5) is 11.6. The molecule has 4 nitrogen and oxygen atoms in total. The topological polar surface area (TPSA) is 64.9 Å². The lowest BCUT2D eigenvalue weighted by molar-refractivity contribution is -0.120. The second-order valence-corrected chi connectivity index (χ2v) is 5.95. The van der Waals surface area contributed by atoms with Gasteiger partial charge in [0.2, 0.25) is 5.91 Å². The van der Waals surface area contributed by atoms with Crippen LogP contribution in [0, 0.1) is 17.2 Å². The smallest absolute Gasteiger partial charge is 0.234 e. The number of nitrogens with one attached hydrogen (secondary N) is 2. The fraction of sp³-hybridized carbons (Fsp3) is 0.467. The number of amides is 1. The van der Waals surface area contributed by atoms with Crippen LogP contribution in [0.1, 0.15) is 30.9 Å². The quantitative estimate of drug-likeness (QED) is 0.785. The zero-order valence-corrected chi connectivity index (χ0v) is 12.8. The first-order chi connectivity index (χ1) is 9.70. The van der Waals surface area contributed by atoms with Gasteiger partial charge in [0.25, 0.3) is 0 Å². The minimum Gasteiger partial charge on any atom is -0.342 e. The maximum absolute atomic E-state index is 11.6. The van der Waals surface area contributed by atoms with E-state index in [2.05, 4.69) is 38.7 Å². The van der Waals surface area contributed by atoms with Crippen LogP contribution in [0.2, 0.25) is 0 Å². The van der Waals surface area contributed by atoms with E-state index in [-0.39, 0.29) is 25.0 Å². The van der Waals surface area contributed by atoms with Crippen molar-refractivity contribution >= 4 is 21.8 Å². The standard InChI is InChI=1S/C15H18BrN3O/c16-13-6-4-12(5-7-13)15(11-2-1-3-11)19-10-14(20)18-9-8-17/h4-7,11,15,19H,1-3,9-10H2,(H,18,20). The molecule has 20 heavy (non-hydrogen) atoms. The molecule has 5 heteroatoms. The van der Waals surface area contributed by atoms with Gasteiger partial charge in [-0.3, -0.25) is 4.79 Å². The van der Waals surface area contributed by atoms with Crippen molar-refractivity contribution in [1.82, 2.24) is 10.6 Å². The Kier molecular flexibility index (Phi) is 5.57. The summed E-state index contributed by atoms with van der Waals surface area (Å²) in [7, 11) is 0. The molecule has 0 bridgehead atoms. The number of halogens is 1. The first-order valence-electron chi connectivity index (χ1n) is 6.83. The Morgan fingerprint density at radius 2 is 2.10 bits per heavy atom. The predicted molar refractivity (Wildman–Crippen MR) is 80.8 cm³/mol. The molecule has 0 aromatic heterocycles. The zero-order chi connectivity index (χ0) is 14.4. The van der Waals surface area contributed by atoms with E-state index in [1.807, 2.05) is 18.2 Å². The molecular formula is C15H18BrN3O. The highest BCUT2D eigenvalue weighted by molar-refractivity contribution is 9.10. The van der Waals surface area contributed by atoms with E-state index in [4.69, 9.17) is 5.26 Å². The van der Waals surface area contributed by atoms with E-state index >= 15 is 0 Å². The van der Waals surface area contributed by atoms with Crippen molar-refractivity contribution in [3.05, 3.63) is 34.3 Å². The molecule has 1 amide bonds. The van der Waals surface area contributed by atoms with Crippen molar-refractivity contribution in [1.29, 1.82) is 5.26 Å². The number of nitriles is 1. The Balaban J connectivity index is 1.96. The molecule has 2 N–H and O–H groups in total. The van der Waals surface area contributed by atoms with Gasteiger partial charge in [-0.05, 0) is 36.5 Å². The van der Waals surface area contributed by atoms with E-state index in [0.29, 0.717) is 5.92 Å². The van der Waals surface area contributed by atoms with E-state index in [0.717, 1.165) is 4.47 Å². The van der Waals surface area contributed by atoms with Crippen LogP contribution in [0.15, 0.2) is 28.7 Å². The largest absolute Gasteiger partial charge is 0.342 e. The molecule has 2 rings (SSSR count). The first kappa shape index (κ1) is 15.0. The lowest BCUT2D eigenvalue weighted by atomic mass is 9.77. The number of carbonyl (C=O) groups is 1. The van der Waals surface area contributed by atoms with Gasteiger partial charge in [-0.15, -0.1) is 0 Å². The van der Waals surface area contributed by atoms with E-state index < -0.39 is 0 Å². The highest BCUT2D eigenvalue weighted by Crippen LogP contribution is 2.37. The highest BCUT2D eigenvalue weighted by Gasteiger charge is 2.28. The summed E-state index contributed by atoms with van der Waals surface area (Å²) in [5.41, 5.74) is 1.21. The molecular weight excluding hydrogens is 318 g/mol. The van der Waals surface area contributed by atoms with Crippen molar-refractivity contribution in [3.63, 3.8) is 0 Å². The second-order valence-electron chi connectivity index (χ2n) is 5.04. The minimum atomic E-state index is -0.131. The third kappa shape index (κ3) is 4.06. The first-order valence-corrected chi connectivity index (χ1v) is 7.62. The second kappa shape index (κ2) is 7.41. The summed E-state index contributed by atoms with van der Waals surface area (Å²) in [5, 5.41) is 14.3. The third-order valence-corrected chi connectivity index (χ3v) is 4.23. The molecule has 1 aliphatic carbocycles. The van der Waals surface area contributed by atoms with E-state index in [9.17, 15) is 4.79 Å². The van der Waals surface area contributed by atoms with Crippen LogP contribution in [-0.4, -0.2) is 19.0 Å². The summed E-state index contributed by atoms with van der Waals surface area (Å²) >= 11 is 3.44. The summed E-state index contributed by atoms with van der Waals surface area (Å²) in [5.74, 6) is 0.466. The highest BCUT2D eigenvalue weighted by atomic mass is 79.9. The van der Waals surface area contributed by atoms with Crippen LogP contribution in [0.4, 0.5) is 0 Å². The molecule has 1 aliphatic rings. The van der Waals surface area contributed by atoms with Crippen LogP contribution in [0.25, 0.3) is 0 Å². The van der Waals surface area contributed by atoms with E-state index in [1.54, 1.807) is 0 Å². The van der Waals surface area contributed by atoms with Gasteiger partial charge in [-0.25, -0.2) is 0 Å². The summed E-state index contributed by atoms with van der Waals surface area (Å²) < 4.78 is 1.06. The summed E-state index contributed by atoms with van der Waals surface area (Å²) in [6.07, 6.45) is 3.67. The number of hydrogen-bond donors (Lipinski definition) is 2. The van der Waals surface area contributed by atoms with Gasteiger partial charge < -0.3 is 10.6 Å². The maximum Gasteiger partial charge on any atom is 0.234 e. The average molecular weight is 336 g/mol. The molecule has 1 fully saturated rings. The van der Waals surface area contributed by atoms with Gasteiger partial charge in [0, 0.05) is 10.5 Å². The van der Waals surface area contributed by atoms with Gasteiger partial charge in [0.05, 0.1) is 12.6 Å². The Hall–Kier alpha value is -1.38. The van der Waals surface area contributed by atoms with Crippen molar-refractivity contribution < 1.29 is 4.79 Å². The number of hydrogen-bond acceptors (Lipinski definition) is 3. The fourth-order valence-electron chi connectivity index (χ4n) is 2.40. The van der Waals surface area contributed by atoms with Crippen molar-refractivity contribution in [3.8, 4) is 6.07 Å². The Bertz CT molecular complexity index is 491. The fourth-order valence-corrected chi connectivity index (χ4v) is 2.67. The molecule has 1 atom stereocenters. The van der Waals surface area contributed by atoms with Crippen molar-refractivity contribution in [2.24, 2.45) is 5.92 Å². The van der Waals surface area contributed by atoms with Crippen LogP contribution in [0.3, 0.4) is 0 Å². The maximum atomic E-state index is 11.6. The van der Waals surface area contributed by atoms with Gasteiger partial charge in [0.1, 0.15) is 6.54 Å². The van der Waals surface area contributed by atoms with E-state index in [1.165, 1.54) is 24.8 Å². The van der Waals surface area contributed by atoms with Gasteiger partial charge in [0.15, 0.2) is 0 Å². The van der Waals surface area contributed by atoms with Crippen LogP contribution in [-0.2, 0) is 4.79 Å². The van der Waals surface area contributed by atoms with Crippen LogP contribution in [0.5, 0.6) is 0 Å². The molecule has 0 saturated heterocycles. The number of carbonyl (C=O) groups excluding carboxylic acids is 1. The van der Waals surface area contributed by atoms with Gasteiger partial charge >= 0.3 is 0 Å². The SMILES string of the molecule is N#CCNC(=O)CNC(c1ccc(Br)cc1)C1CCC1. The molecule has 1 aromatic carbocycles. The normalized spacial score (nSPS) is 16.0. The van der Waals surface area contributed by atoms with Gasteiger partial charge in [-0.1, -0.05) is 34.5 Å². The molecule has 0 aliphatic heterocycles. The molecule has 0 radical (unpaired) electrons. The van der Waals surface area contributed by atoms with Crippen molar-refractivity contribution in [2.75, 3.05) is 13.1 Å². The average Bonchev–Trinajstić information content (AvgIpc) is 2.40. The molecule has 106 valence electrons. The lowest BCUT2D eigenvalue weighted by Gasteiger charge is -2.34.